The van der Waals surface area contributed by atoms with E-state index in [0.717, 1.165) is 3.57 Å². The quantitative estimate of drug-likeness (QED) is 0.605. The Balaban J connectivity index is 2.66. The summed E-state index contributed by atoms with van der Waals surface area (Å²) >= 11 is 2.12. The van der Waals surface area contributed by atoms with Crippen LogP contribution in [-0.2, 0) is 0 Å². The molecule has 3 nitrogen and oxygen atoms in total. The predicted molar refractivity (Wildman–Crippen MR) is 53.7 cm³/mol. The van der Waals surface area contributed by atoms with Crippen LogP contribution in [0.2, 0.25) is 0 Å². The van der Waals surface area contributed by atoms with E-state index >= 15 is 0 Å². The topological polar surface area (TPSA) is 35.0 Å². The molecule has 1 heterocycles. The van der Waals surface area contributed by atoms with Gasteiger partial charge in [-0.2, -0.15) is 0 Å². The minimum Gasteiger partial charge on any atom is -0.447 e. The maximum Gasteiger partial charge on any atom is 0.317 e. The second-order valence-corrected chi connectivity index (χ2v) is 3.36. The maximum atomic E-state index is 5.16. The van der Waals surface area contributed by atoms with Gasteiger partial charge in [-0.1, -0.05) is 5.92 Å². The van der Waals surface area contributed by atoms with Crippen molar-refractivity contribution in [3.63, 3.8) is 0 Å². The summed E-state index contributed by atoms with van der Waals surface area (Å²) in [6.07, 6.45) is 8.18. The molecule has 1 aromatic heterocycles. The van der Waals surface area contributed by atoms with Gasteiger partial charge in [-0.3, -0.25) is 0 Å². The SMILES string of the molecule is C#CC(C)Oc1ncc(I)cn1. The van der Waals surface area contributed by atoms with Crippen molar-refractivity contribution in [3.8, 4) is 18.4 Å². The van der Waals surface area contributed by atoms with Crippen molar-refractivity contribution >= 4 is 22.6 Å². The zero-order chi connectivity index (χ0) is 8.97. The first kappa shape index (κ1) is 9.26. The van der Waals surface area contributed by atoms with Crippen LogP contribution in [0.3, 0.4) is 0 Å². The highest BCUT2D eigenvalue weighted by Crippen LogP contribution is 2.05. The average molecular weight is 274 g/mol. The van der Waals surface area contributed by atoms with Gasteiger partial charge >= 0.3 is 6.01 Å². The Morgan fingerprint density at radius 3 is 2.67 bits per heavy atom. The third kappa shape index (κ3) is 2.66. The first-order valence-electron chi connectivity index (χ1n) is 3.32. The second-order valence-electron chi connectivity index (χ2n) is 2.11. The molecular formula is C8H7IN2O. The Morgan fingerprint density at radius 2 is 2.17 bits per heavy atom. The van der Waals surface area contributed by atoms with Crippen molar-refractivity contribution in [3.05, 3.63) is 16.0 Å². The van der Waals surface area contributed by atoms with Gasteiger partial charge < -0.3 is 4.74 Å². The molecule has 1 rings (SSSR count). The molecule has 0 saturated carbocycles. The lowest BCUT2D eigenvalue weighted by atomic mass is 10.4. The van der Waals surface area contributed by atoms with Crippen molar-refractivity contribution in [1.29, 1.82) is 0 Å². The Morgan fingerprint density at radius 1 is 1.58 bits per heavy atom. The number of rotatable bonds is 2. The molecule has 4 heteroatoms. The molecule has 0 amide bonds. The van der Waals surface area contributed by atoms with Crippen LogP contribution in [0.15, 0.2) is 12.4 Å². The number of ether oxygens (including phenoxy) is 1. The summed E-state index contributed by atoms with van der Waals surface area (Å²) in [6.45, 7) is 1.77. The number of aromatic nitrogens is 2. The number of halogens is 1. The molecular weight excluding hydrogens is 267 g/mol. The molecule has 12 heavy (non-hydrogen) atoms. The molecule has 1 unspecified atom stereocenters. The summed E-state index contributed by atoms with van der Waals surface area (Å²) in [5.41, 5.74) is 0. The predicted octanol–water partition coefficient (Wildman–Crippen LogP) is 1.48. The summed E-state index contributed by atoms with van der Waals surface area (Å²) < 4.78 is 6.12. The molecule has 0 aliphatic carbocycles. The van der Waals surface area contributed by atoms with Gasteiger partial charge in [0.2, 0.25) is 0 Å². The minimum absolute atomic E-state index is 0.287. The summed E-state index contributed by atoms with van der Waals surface area (Å²) in [6, 6.07) is 0.320. The summed E-state index contributed by atoms with van der Waals surface area (Å²) in [5, 5.41) is 0. The second kappa shape index (κ2) is 4.26. The van der Waals surface area contributed by atoms with Crippen LogP contribution in [0.25, 0.3) is 0 Å². The van der Waals surface area contributed by atoms with Crippen LogP contribution in [0.1, 0.15) is 6.92 Å². The molecule has 0 fully saturated rings. The van der Waals surface area contributed by atoms with Gasteiger partial charge in [0.25, 0.3) is 0 Å². The third-order valence-corrected chi connectivity index (χ3v) is 1.67. The molecule has 0 saturated heterocycles. The lowest BCUT2D eigenvalue weighted by Crippen LogP contribution is -2.10. The van der Waals surface area contributed by atoms with Crippen LogP contribution >= 0.6 is 22.6 Å². The largest absolute Gasteiger partial charge is 0.447 e. The van der Waals surface area contributed by atoms with Crippen LogP contribution in [0.5, 0.6) is 6.01 Å². The standard InChI is InChI=1S/C8H7IN2O/c1-3-6(2)12-8-10-4-7(9)5-11-8/h1,4-6H,2H3. The van der Waals surface area contributed by atoms with Gasteiger partial charge in [0.1, 0.15) is 0 Å². The highest BCUT2D eigenvalue weighted by atomic mass is 127. The Kier molecular flexibility index (Phi) is 3.29. The monoisotopic (exact) mass is 274 g/mol. The zero-order valence-corrected chi connectivity index (χ0v) is 8.65. The van der Waals surface area contributed by atoms with E-state index in [1.165, 1.54) is 0 Å². The van der Waals surface area contributed by atoms with Crippen molar-refractivity contribution in [2.75, 3.05) is 0 Å². The van der Waals surface area contributed by atoms with Gasteiger partial charge in [-0.05, 0) is 29.5 Å². The van der Waals surface area contributed by atoms with E-state index in [0.29, 0.717) is 6.01 Å². The number of nitrogens with zero attached hydrogens (tertiary/aromatic N) is 2. The Hall–Kier alpha value is -0.830. The van der Waals surface area contributed by atoms with E-state index in [1.54, 1.807) is 19.3 Å². The van der Waals surface area contributed by atoms with Crippen molar-refractivity contribution < 1.29 is 4.74 Å². The Bertz CT molecular complexity index is 291. The molecule has 0 radical (unpaired) electrons. The fourth-order valence-electron chi connectivity index (χ4n) is 0.553. The third-order valence-electron chi connectivity index (χ3n) is 1.11. The highest BCUT2D eigenvalue weighted by molar-refractivity contribution is 14.1. The van der Waals surface area contributed by atoms with E-state index in [2.05, 4.69) is 38.5 Å². The van der Waals surface area contributed by atoms with E-state index < -0.39 is 0 Å². The normalized spacial score (nSPS) is 11.8. The number of hydrogen-bond donors (Lipinski definition) is 0. The maximum absolute atomic E-state index is 5.16. The van der Waals surface area contributed by atoms with Gasteiger partial charge in [0.05, 0.1) is 0 Å². The molecule has 0 spiro atoms. The summed E-state index contributed by atoms with van der Waals surface area (Å²) in [7, 11) is 0. The molecule has 0 aliphatic heterocycles. The van der Waals surface area contributed by atoms with Gasteiger partial charge in [-0.15, -0.1) is 6.42 Å². The van der Waals surface area contributed by atoms with Gasteiger partial charge in [0.15, 0.2) is 6.10 Å². The van der Waals surface area contributed by atoms with Crippen molar-refractivity contribution in [2.24, 2.45) is 0 Å². The van der Waals surface area contributed by atoms with E-state index in [-0.39, 0.29) is 6.10 Å². The van der Waals surface area contributed by atoms with Crippen molar-refractivity contribution in [1.82, 2.24) is 9.97 Å². The Labute approximate surface area is 84.7 Å². The zero-order valence-electron chi connectivity index (χ0n) is 6.49. The first-order chi connectivity index (χ1) is 5.72. The minimum atomic E-state index is -0.287. The molecule has 0 bridgehead atoms. The fourth-order valence-corrected chi connectivity index (χ4v) is 0.832. The van der Waals surface area contributed by atoms with Crippen LogP contribution in [0.4, 0.5) is 0 Å². The van der Waals surface area contributed by atoms with Gasteiger partial charge in [0, 0.05) is 16.0 Å². The van der Waals surface area contributed by atoms with E-state index in [9.17, 15) is 0 Å². The molecule has 0 N–H and O–H groups in total. The van der Waals surface area contributed by atoms with E-state index in [1.807, 2.05) is 0 Å². The molecule has 1 atom stereocenters. The summed E-state index contributed by atoms with van der Waals surface area (Å²) in [5.74, 6) is 2.42. The van der Waals surface area contributed by atoms with Crippen LogP contribution in [-0.4, -0.2) is 16.1 Å². The smallest absolute Gasteiger partial charge is 0.317 e. The molecule has 0 aliphatic rings. The molecule has 0 aromatic carbocycles. The molecule has 1 aromatic rings. The van der Waals surface area contributed by atoms with Crippen molar-refractivity contribution in [2.45, 2.75) is 13.0 Å². The summed E-state index contributed by atoms with van der Waals surface area (Å²) in [4.78, 5) is 7.86. The highest BCUT2D eigenvalue weighted by Gasteiger charge is 2.00. The number of terminal acetylenes is 1. The van der Waals surface area contributed by atoms with E-state index in [4.69, 9.17) is 11.2 Å². The van der Waals surface area contributed by atoms with Crippen LogP contribution in [0, 0.1) is 15.9 Å². The first-order valence-corrected chi connectivity index (χ1v) is 4.40. The average Bonchev–Trinajstić information content (AvgIpc) is 2.09. The number of hydrogen-bond acceptors (Lipinski definition) is 3. The molecule has 62 valence electrons. The fraction of sp³-hybridized carbons (Fsp3) is 0.250. The van der Waals surface area contributed by atoms with Crippen LogP contribution < -0.4 is 4.74 Å². The van der Waals surface area contributed by atoms with Gasteiger partial charge in [-0.25, -0.2) is 9.97 Å². The lowest BCUT2D eigenvalue weighted by molar-refractivity contribution is 0.256. The lowest BCUT2D eigenvalue weighted by Gasteiger charge is -2.05.